The van der Waals surface area contributed by atoms with Crippen molar-refractivity contribution in [3.63, 3.8) is 0 Å². The van der Waals surface area contributed by atoms with Crippen molar-refractivity contribution >= 4 is 33.5 Å². The Labute approximate surface area is 122 Å². The van der Waals surface area contributed by atoms with E-state index in [4.69, 9.17) is 0 Å². The Bertz CT molecular complexity index is 402. The predicted octanol–water partition coefficient (Wildman–Crippen LogP) is 3.87. The average molecular weight is 330 g/mol. The number of thioether (sulfide) groups is 1. The van der Waals surface area contributed by atoms with Gasteiger partial charge < -0.3 is 5.32 Å². The molecule has 0 aliphatic carbocycles. The molecule has 0 amide bonds. The number of aromatic nitrogens is 2. The smallest absolute Gasteiger partial charge is 0.137 e. The van der Waals surface area contributed by atoms with Crippen LogP contribution in [0.1, 0.15) is 26.6 Å². The van der Waals surface area contributed by atoms with E-state index in [1.807, 2.05) is 23.9 Å². The van der Waals surface area contributed by atoms with Crippen LogP contribution in [0.4, 0.5) is 5.82 Å². The SMILES string of the molecule is C=CCSCCNc1cc(Br)nc(C(C)(C)C)n1. The van der Waals surface area contributed by atoms with Crippen LogP contribution in [0.5, 0.6) is 0 Å². The van der Waals surface area contributed by atoms with Crippen molar-refractivity contribution in [3.05, 3.63) is 29.1 Å². The molecule has 0 aliphatic heterocycles. The Kier molecular flexibility index (Phi) is 6.15. The Hall–Kier alpha value is -0.550. The molecule has 0 radical (unpaired) electrons. The molecule has 1 aromatic heterocycles. The van der Waals surface area contributed by atoms with Crippen molar-refractivity contribution in [3.8, 4) is 0 Å². The van der Waals surface area contributed by atoms with E-state index in [1.165, 1.54) is 0 Å². The van der Waals surface area contributed by atoms with Crippen molar-refractivity contribution in [2.24, 2.45) is 0 Å². The molecule has 0 saturated heterocycles. The van der Waals surface area contributed by atoms with Gasteiger partial charge in [-0.2, -0.15) is 11.8 Å². The third-order valence-electron chi connectivity index (χ3n) is 2.15. The van der Waals surface area contributed by atoms with E-state index in [-0.39, 0.29) is 5.41 Å². The summed E-state index contributed by atoms with van der Waals surface area (Å²) in [6.45, 7) is 10.9. The van der Waals surface area contributed by atoms with Gasteiger partial charge in [0.05, 0.1) is 0 Å². The van der Waals surface area contributed by atoms with Crippen LogP contribution in [0.15, 0.2) is 23.3 Å². The van der Waals surface area contributed by atoms with Gasteiger partial charge in [0.25, 0.3) is 0 Å². The number of nitrogens with one attached hydrogen (secondary N) is 1. The summed E-state index contributed by atoms with van der Waals surface area (Å²) < 4.78 is 0.823. The number of nitrogens with zero attached hydrogens (tertiary/aromatic N) is 2. The summed E-state index contributed by atoms with van der Waals surface area (Å²) >= 11 is 5.28. The van der Waals surface area contributed by atoms with E-state index in [2.05, 4.69) is 58.6 Å². The van der Waals surface area contributed by atoms with Gasteiger partial charge in [0.2, 0.25) is 0 Å². The fraction of sp³-hybridized carbons (Fsp3) is 0.538. The van der Waals surface area contributed by atoms with E-state index >= 15 is 0 Å². The fourth-order valence-electron chi connectivity index (χ4n) is 1.26. The zero-order valence-electron chi connectivity index (χ0n) is 11.2. The number of halogens is 1. The van der Waals surface area contributed by atoms with Crippen molar-refractivity contribution in [2.45, 2.75) is 26.2 Å². The largest absolute Gasteiger partial charge is 0.369 e. The van der Waals surface area contributed by atoms with Crippen LogP contribution in [-0.4, -0.2) is 28.0 Å². The summed E-state index contributed by atoms with van der Waals surface area (Å²) in [6.07, 6.45) is 1.92. The molecule has 18 heavy (non-hydrogen) atoms. The summed E-state index contributed by atoms with van der Waals surface area (Å²) in [7, 11) is 0. The second-order valence-electron chi connectivity index (χ2n) is 4.94. The average Bonchev–Trinajstić information content (AvgIpc) is 2.27. The van der Waals surface area contributed by atoms with Gasteiger partial charge in [-0.05, 0) is 15.9 Å². The third kappa shape index (κ3) is 5.40. The molecular formula is C13H20BrN3S. The van der Waals surface area contributed by atoms with Crippen molar-refractivity contribution in [1.29, 1.82) is 0 Å². The lowest BCUT2D eigenvalue weighted by Crippen LogP contribution is -2.18. The first kappa shape index (κ1) is 15.5. The molecule has 0 bridgehead atoms. The van der Waals surface area contributed by atoms with E-state index in [0.29, 0.717) is 0 Å². The molecule has 1 heterocycles. The topological polar surface area (TPSA) is 37.8 Å². The Morgan fingerprint density at radius 1 is 1.44 bits per heavy atom. The van der Waals surface area contributed by atoms with Crippen LogP contribution in [0, 0.1) is 0 Å². The van der Waals surface area contributed by atoms with E-state index in [1.54, 1.807) is 0 Å². The minimum absolute atomic E-state index is 0.0438. The summed E-state index contributed by atoms with van der Waals surface area (Å²) in [4.78, 5) is 8.95. The molecule has 0 aromatic carbocycles. The first-order valence-corrected chi connectivity index (χ1v) is 7.86. The highest BCUT2D eigenvalue weighted by Crippen LogP contribution is 2.22. The molecule has 0 fully saturated rings. The number of rotatable bonds is 6. The van der Waals surface area contributed by atoms with Crippen molar-refractivity contribution < 1.29 is 0 Å². The fourth-order valence-corrected chi connectivity index (χ4v) is 2.23. The lowest BCUT2D eigenvalue weighted by Gasteiger charge is -2.17. The van der Waals surface area contributed by atoms with E-state index < -0.39 is 0 Å². The van der Waals surface area contributed by atoms with Gasteiger partial charge in [0.1, 0.15) is 16.2 Å². The highest BCUT2D eigenvalue weighted by atomic mass is 79.9. The van der Waals surface area contributed by atoms with Crippen LogP contribution in [0.2, 0.25) is 0 Å². The monoisotopic (exact) mass is 329 g/mol. The van der Waals surface area contributed by atoms with Gasteiger partial charge >= 0.3 is 0 Å². The maximum absolute atomic E-state index is 4.54. The van der Waals surface area contributed by atoms with Crippen LogP contribution in [0.3, 0.4) is 0 Å². The van der Waals surface area contributed by atoms with Gasteiger partial charge in [0.15, 0.2) is 0 Å². The predicted molar refractivity (Wildman–Crippen MR) is 84.4 cm³/mol. The second-order valence-corrected chi connectivity index (χ2v) is 6.90. The van der Waals surface area contributed by atoms with E-state index in [0.717, 1.165) is 34.3 Å². The molecule has 3 nitrogen and oxygen atoms in total. The minimum Gasteiger partial charge on any atom is -0.369 e. The second kappa shape index (κ2) is 7.14. The van der Waals surface area contributed by atoms with Gasteiger partial charge in [-0.25, -0.2) is 9.97 Å². The summed E-state index contributed by atoms with van der Waals surface area (Å²) in [5.41, 5.74) is -0.0438. The normalized spacial score (nSPS) is 11.3. The lowest BCUT2D eigenvalue weighted by atomic mass is 9.96. The first-order valence-electron chi connectivity index (χ1n) is 5.91. The molecule has 1 N–H and O–H groups in total. The molecule has 100 valence electrons. The molecule has 1 rings (SSSR count). The molecule has 1 aromatic rings. The first-order chi connectivity index (χ1) is 8.43. The van der Waals surface area contributed by atoms with Crippen molar-refractivity contribution in [2.75, 3.05) is 23.4 Å². The van der Waals surface area contributed by atoms with Crippen molar-refractivity contribution in [1.82, 2.24) is 9.97 Å². The summed E-state index contributed by atoms with van der Waals surface area (Å²) in [6, 6.07) is 1.91. The van der Waals surface area contributed by atoms with Crippen LogP contribution in [0.25, 0.3) is 0 Å². The van der Waals surface area contributed by atoms with Crippen LogP contribution < -0.4 is 5.32 Å². The molecule has 0 spiro atoms. The third-order valence-corrected chi connectivity index (χ3v) is 3.52. The molecule has 0 saturated carbocycles. The standard InChI is InChI=1S/C13H20BrN3S/c1-5-7-18-8-6-15-11-9-10(14)16-12(17-11)13(2,3)4/h5,9H,1,6-8H2,2-4H3,(H,15,16,17). The highest BCUT2D eigenvalue weighted by Gasteiger charge is 2.18. The van der Waals surface area contributed by atoms with Gasteiger partial charge in [-0.15, -0.1) is 6.58 Å². The Balaban J connectivity index is 2.60. The quantitative estimate of drug-likeness (QED) is 0.488. The maximum Gasteiger partial charge on any atom is 0.137 e. The van der Waals surface area contributed by atoms with Gasteiger partial charge in [0, 0.05) is 29.5 Å². The molecular weight excluding hydrogens is 310 g/mol. The zero-order chi connectivity index (χ0) is 13.6. The molecule has 0 atom stereocenters. The van der Waals surface area contributed by atoms with Crippen LogP contribution >= 0.6 is 27.7 Å². The number of hydrogen-bond donors (Lipinski definition) is 1. The highest BCUT2D eigenvalue weighted by molar-refractivity contribution is 9.10. The lowest BCUT2D eigenvalue weighted by molar-refractivity contribution is 0.544. The summed E-state index contributed by atoms with van der Waals surface area (Å²) in [5.74, 6) is 3.75. The molecule has 0 unspecified atom stereocenters. The molecule has 5 heteroatoms. The van der Waals surface area contributed by atoms with E-state index in [9.17, 15) is 0 Å². The Morgan fingerprint density at radius 2 is 2.17 bits per heavy atom. The van der Waals surface area contributed by atoms with Gasteiger partial charge in [-0.1, -0.05) is 26.8 Å². The van der Waals surface area contributed by atoms with Crippen LogP contribution in [-0.2, 0) is 5.41 Å². The number of hydrogen-bond acceptors (Lipinski definition) is 4. The Morgan fingerprint density at radius 3 is 2.78 bits per heavy atom. The summed E-state index contributed by atoms with van der Waals surface area (Å²) in [5, 5.41) is 3.32. The number of anilines is 1. The molecule has 0 aliphatic rings. The van der Waals surface area contributed by atoms with Gasteiger partial charge in [-0.3, -0.25) is 0 Å². The zero-order valence-corrected chi connectivity index (χ0v) is 13.6. The maximum atomic E-state index is 4.54. The minimum atomic E-state index is -0.0438.